The quantitative estimate of drug-likeness (QED) is 0.378. The second-order valence-electron chi connectivity index (χ2n) is 6.99. The summed E-state index contributed by atoms with van der Waals surface area (Å²) in [5.74, 6) is 0.872. The standard InChI is InChI=1S/C18H24N6O4S/c1-14-3-2-10-23(13-14)29(27,28)15-4-5-16(17(11-15)24(25)26)20-8-9-22-18-12-19-6-7-21-18/h4-7,11-12,14,20H,2-3,8-10,13H2,1H3,(H,21,22). The van der Waals surface area contributed by atoms with Gasteiger partial charge in [-0.2, -0.15) is 4.31 Å². The molecule has 1 unspecified atom stereocenters. The second-order valence-corrected chi connectivity index (χ2v) is 8.93. The Labute approximate surface area is 169 Å². The van der Waals surface area contributed by atoms with Crippen LogP contribution in [0.3, 0.4) is 0 Å². The van der Waals surface area contributed by atoms with Gasteiger partial charge in [0, 0.05) is 44.6 Å². The maximum absolute atomic E-state index is 12.9. The molecule has 1 atom stereocenters. The lowest BCUT2D eigenvalue weighted by Gasteiger charge is -2.30. The Morgan fingerprint density at radius 3 is 2.76 bits per heavy atom. The number of nitro benzene ring substituents is 1. The van der Waals surface area contributed by atoms with Gasteiger partial charge in [-0.3, -0.25) is 15.1 Å². The van der Waals surface area contributed by atoms with Crippen molar-refractivity contribution in [2.24, 2.45) is 5.92 Å². The number of nitrogens with zero attached hydrogens (tertiary/aromatic N) is 4. The zero-order valence-corrected chi connectivity index (χ0v) is 16.9. The molecular formula is C18H24N6O4S. The molecular weight excluding hydrogens is 396 g/mol. The van der Waals surface area contributed by atoms with Crippen LogP contribution in [0.1, 0.15) is 19.8 Å². The topological polar surface area (TPSA) is 130 Å². The van der Waals surface area contributed by atoms with Crippen LogP contribution in [0.4, 0.5) is 17.2 Å². The normalized spacial score (nSPS) is 17.6. The maximum Gasteiger partial charge on any atom is 0.293 e. The minimum Gasteiger partial charge on any atom is -0.378 e. The SMILES string of the molecule is CC1CCCN(S(=O)(=O)c2ccc(NCCNc3cnccn3)c([N+](=O)[O-])c2)C1. The summed E-state index contributed by atoms with van der Waals surface area (Å²) in [4.78, 5) is 18.9. The van der Waals surface area contributed by atoms with Gasteiger partial charge < -0.3 is 10.6 Å². The van der Waals surface area contributed by atoms with E-state index in [-0.39, 0.29) is 22.2 Å². The third-order valence-corrected chi connectivity index (χ3v) is 6.59. The number of hydrogen-bond donors (Lipinski definition) is 2. The summed E-state index contributed by atoms with van der Waals surface area (Å²) in [6.07, 6.45) is 6.47. The van der Waals surface area contributed by atoms with Crippen LogP contribution in [0, 0.1) is 16.0 Å². The number of nitrogens with one attached hydrogen (secondary N) is 2. The molecule has 2 aromatic rings. The Morgan fingerprint density at radius 2 is 2.07 bits per heavy atom. The van der Waals surface area contributed by atoms with E-state index >= 15 is 0 Å². The van der Waals surface area contributed by atoms with E-state index in [0.717, 1.165) is 18.9 Å². The molecule has 10 nitrogen and oxygen atoms in total. The Morgan fingerprint density at radius 1 is 1.28 bits per heavy atom. The third-order valence-electron chi connectivity index (χ3n) is 4.73. The first-order valence-corrected chi connectivity index (χ1v) is 10.8. The molecule has 0 aliphatic carbocycles. The summed E-state index contributed by atoms with van der Waals surface area (Å²) < 4.78 is 27.2. The molecule has 1 aromatic carbocycles. The third kappa shape index (κ3) is 5.18. The molecule has 2 heterocycles. The van der Waals surface area contributed by atoms with Gasteiger partial charge >= 0.3 is 0 Å². The molecule has 1 aromatic heterocycles. The van der Waals surface area contributed by atoms with Crippen molar-refractivity contribution in [3.05, 3.63) is 46.9 Å². The number of aromatic nitrogens is 2. The fraction of sp³-hybridized carbons (Fsp3) is 0.444. The number of hydrogen-bond acceptors (Lipinski definition) is 8. The molecule has 0 saturated carbocycles. The Kier molecular flexibility index (Phi) is 6.60. The van der Waals surface area contributed by atoms with E-state index in [1.165, 1.54) is 16.4 Å². The van der Waals surface area contributed by atoms with Crippen LogP contribution in [-0.2, 0) is 10.0 Å². The largest absolute Gasteiger partial charge is 0.378 e. The number of sulfonamides is 1. The first-order chi connectivity index (χ1) is 13.9. The minimum atomic E-state index is -3.76. The molecule has 1 aliphatic rings. The van der Waals surface area contributed by atoms with Crippen molar-refractivity contribution in [1.82, 2.24) is 14.3 Å². The summed E-state index contributed by atoms with van der Waals surface area (Å²) in [5, 5.41) is 17.5. The van der Waals surface area contributed by atoms with Gasteiger partial charge in [-0.05, 0) is 30.9 Å². The predicted molar refractivity (Wildman–Crippen MR) is 109 cm³/mol. The number of anilines is 2. The lowest BCUT2D eigenvalue weighted by atomic mass is 10.0. The predicted octanol–water partition coefficient (Wildman–Crippen LogP) is 2.33. The van der Waals surface area contributed by atoms with Crippen LogP contribution in [0.15, 0.2) is 41.7 Å². The van der Waals surface area contributed by atoms with Gasteiger partial charge in [0.15, 0.2) is 0 Å². The van der Waals surface area contributed by atoms with Crippen LogP contribution in [-0.4, -0.2) is 53.8 Å². The Hall–Kier alpha value is -2.79. The summed E-state index contributed by atoms with van der Waals surface area (Å²) >= 11 is 0. The molecule has 0 radical (unpaired) electrons. The Balaban J connectivity index is 1.70. The number of benzene rings is 1. The van der Waals surface area contributed by atoms with Gasteiger partial charge in [0.2, 0.25) is 10.0 Å². The smallest absolute Gasteiger partial charge is 0.293 e. The monoisotopic (exact) mass is 420 g/mol. The molecule has 1 fully saturated rings. The molecule has 29 heavy (non-hydrogen) atoms. The minimum absolute atomic E-state index is 0.0541. The van der Waals surface area contributed by atoms with Crippen molar-refractivity contribution in [2.45, 2.75) is 24.7 Å². The summed E-state index contributed by atoms with van der Waals surface area (Å²) in [6, 6.07) is 3.99. The van der Waals surface area contributed by atoms with E-state index in [1.807, 2.05) is 6.92 Å². The van der Waals surface area contributed by atoms with Gasteiger partial charge in [0.25, 0.3) is 5.69 Å². The van der Waals surface area contributed by atoms with Crippen LogP contribution < -0.4 is 10.6 Å². The molecule has 0 spiro atoms. The molecule has 2 N–H and O–H groups in total. The fourth-order valence-corrected chi connectivity index (χ4v) is 4.88. The van der Waals surface area contributed by atoms with Gasteiger partial charge in [-0.15, -0.1) is 0 Å². The van der Waals surface area contributed by atoms with Gasteiger partial charge in [0.05, 0.1) is 16.0 Å². The molecule has 11 heteroatoms. The highest BCUT2D eigenvalue weighted by Gasteiger charge is 2.30. The van der Waals surface area contributed by atoms with Crippen molar-refractivity contribution >= 4 is 27.2 Å². The highest BCUT2D eigenvalue weighted by Crippen LogP contribution is 2.30. The summed E-state index contributed by atoms with van der Waals surface area (Å²) in [7, 11) is -3.76. The molecule has 1 aliphatic heterocycles. The molecule has 0 amide bonds. The van der Waals surface area contributed by atoms with Crippen LogP contribution in [0.5, 0.6) is 0 Å². The van der Waals surface area contributed by atoms with Crippen molar-refractivity contribution in [3.63, 3.8) is 0 Å². The fourth-order valence-electron chi connectivity index (χ4n) is 3.26. The van der Waals surface area contributed by atoms with Crippen molar-refractivity contribution in [1.29, 1.82) is 0 Å². The molecule has 3 rings (SSSR count). The number of nitro groups is 1. The van der Waals surface area contributed by atoms with Crippen LogP contribution in [0.25, 0.3) is 0 Å². The highest BCUT2D eigenvalue weighted by molar-refractivity contribution is 7.89. The zero-order chi connectivity index (χ0) is 20.9. The lowest BCUT2D eigenvalue weighted by Crippen LogP contribution is -2.39. The van der Waals surface area contributed by atoms with E-state index in [1.54, 1.807) is 18.6 Å². The van der Waals surface area contributed by atoms with E-state index in [0.29, 0.717) is 32.0 Å². The first-order valence-electron chi connectivity index (χ1n) is 9.40. The average Bonchev–Trinajstić information content (AvgIpc) is 2.72. The number of piperidine rings is 1. The second kappa shape index (κ2) is 9.14. The van der Waals surface area contributed by atoms with Gasteiger partial charge in [0.1, 0.15) is 11.5 Å². The molecule has 156 valence electrons. The first kappa shape index (κ1) is 20.9. The molecule has 0 bridgehead atoms. The Bertz CT molecular complexity index is 954. The van der Waals surface area contributed by atoms with E-state index in [4.69, 9.17) is 0 Å². The zero-order valence-electron chi connectivity index (χ0n) is 16.1. The van der Waals surface area contributed by atoms with E-state index in [2.05, 4.69) is 20.6 Å². The van der Waals surface area contributed by atoms with E-state index < -0.39 is 14.9 Å². The number of rotatable bonds is 8. The van der Waals surface area contributed by atoms with Crippen molar-refractivity contribution in [3.8, 4) is 0 Å². The van der Waals surface area contributed by atoms with Crippen LogP contribution in [0.2, 0.25) is 0 Å². The van der Waals surface area contributed by atoms with Gasteiger partial charge in [-0.25, -0.2) is 13.4 Å². The van der Waals surface area contributed by atoms with Gasteiger partial charge in [-0.1, -0.05) is 6.92 Å². The van der Waals surface area contributed by atoms with Crippen molar-refractivity contribution in [2.75, 3.05) is 36.8 Å². The average molecular weight is 420 g/mol. The summed E-state index contributed by atoms with van der Waals surface area (Å²) in [6.45, 7) is 3.72. The van der Waals surface area contributed by atoms with Crippen LogP contribution >= 0.6 is 0 Å². The maximum atomic E-state index is 12.9. The summed E-state index contributed by atoms with van der Waals surface area (Å²) in [5.41, 5.74) is -0.00227. The van der Waals surface area contributed by atoms with E-state index in [9.17, 15) is 18.5 Å². The highest BCUT2D eigenvalue weighted by atomic mass is 32.2. The lowest BCUT2D eigenvalue weighted by molar-refractivity contribution is -0.384. The molecule has 1 saturated heterocycles. The van der Waals surface area contributed by atoms with Crippen molar-refractivity contribution < 1.29 is 13.3 Å².